The van der Waals surface area contributed by atoms with Crippen molar-refractivity contribution in [3.8, 4) is 11.3 Å². The molecule has 28 heavy (non-hydrogen) atoms. The summed E-state index contributed by atoms with van der Waals surface area (Å²) in [6, 6.07) is 7.36. The molecule has 5 rings (SSSR count). The highest BCUT2D eigenvalue weighted by molar-refractivity contribution is 5.57. The molecule has 3 aromatic rings. The molecule has 0 bridgehead atoms. The van der Waals surface area contributed by atoms with Crippen molar-refractivity contribution in [3.05, 3.63) is 69.8 Å². The maximum absolute atomic E-state index is 12.6. The van der Waals surface area contributed by atoms with Gasteiger partial charge in [0.2, 0.25) is 0 Å². The van der Waals surface area contributed by atoms with Gasteiger partial charge in [0.25, 0.3) is 11.1 Å². The van der Waals surface area contributed by atoms with E-state index < -0.39 is 0 Å². The Kier molecular flexibility index (Phi) is 4.03. The highest BCUT2D eigenvalue weighted by atomic mass is 16.1. The number of hydrogen-bond donors (Lipinski definition) is 0. The third-order valence-electron chi connectivity index (χ3n) is 5.32. The van der Waals surface area contributed by atoms with E-state index in [0.29, 0.717) is 31.5 Å². The highest BCUT2D eigenvalue weighted by Gasteiger charge is 2.32. The van der Waals surface area contributed by atoms with E-state index in [0.717, 1.165) is 24.1 Å². The molecule has 4 heterocycles. The Morgan fingerprint density at radius 1 is 1.00 bits per heavy atom. The molecule has 0 aromatic carbocycles. The second kappa shape index (κ2) is 6.70. The van der Waals surface area contributed by atoms with Crippen LogP contribution in [0.3, 0.4) is 0 Å². The molecular weight excluding hydrogens is 356 g/mol. The van der Waals surface area contributed by atoms with Crippen LogP contribution < -0.4 is 16.0 Å². The maximum Gasteiger partial charge on any atom is 0.293 e. The fraction of sp³-hybridized carbons (Fsp3) is 0.350. The van der Waals surface area contributed by atoms with Gasteiger partial charge in [-0.15, -0.1) is 0 Å². The van der Waals surface area contributed by atoms with Gasteiger partial charge in [0, 0.05) is 61.5 Å². The zero-order valence-electron chi connectivity index (χ0n) is 15.3. The van der Waals surface area contributed by atoms with Crippen LogP contribution >= 0.6 is 0 Å². The third kappa shape index (κ3) is 3.11. The SMILES string of the molecule is O=c1c(N2CC(Cn3nc(-c4ccncc4)ccc3=O)C2)nccn1C1CC1. The van der Waals surface area contributed by atoms with Gasteiger partial charge in [-0.3, -0.25) is 14.6 Å². The number of aromatic nitrogens is 5. The van der Waals surface area contributed by atoms with E-state index >= 15 is 0 Å². The number of pyridine rings is 1. The molecule has 0 atom stereocenters. The Balaban J connectivity index is 1.30. The van der Waals surface area contributed by atoms with Crippen molar-refractivity contribution in [1.82, 2.24) is 24.3 Å². The van der Waals surface area contributed by atoms with Crippen LogP contribution in [0.5, 0.6) is 0 Å². The minimum atomic E-state index is -0.120. The predicted octanol–water partition coefficient (Wildman–Crippen LogP) is 1.33. The van der Waals surface area contributed by atoms with Crippen molar-refractivity contribution in [2.24, 2.45) is 5.92 Å². The molecule has 2 fully saturated rings. The minimum Gasteiger partial charge on any atom is -0.351 e. The number of nitrogens with zero attached hydrogens (tertiary/aromatic N) is 6. The fourth-order valence-corrected chi connectivity index (χ4v) is 3.63. The van der Waals surface area contributed by atoms with Gasteiger partial charge in [0.05, 0.1) is 12.2 Å². The minimum absolute atomic E-state index is 0.0153. The summed E-state index contributed by atoms with van der Waals surface area (Å²) in [5.74, 6) is 0.769. The van der Waals surface area contributed by atoms with Gasteiger partial charge in [-0.25, -0.2) is 9.67 Å². The number of hydrogen-bond acceptors (Lipinski definition) is 6. The molecule has 0 spiro atoms. The molecule has 8 nitrogen and oxygen atoms in total. The topological polar surface area (TPSA) is 85.9 Å². The first kappa shape index (κ1) is 16.9. The van der Waals surface area contributed by atoms with Crippen LogP contribution in [0.25, 0.3) is 11.3 Å². The molecular formula is C20H20N6O2. The summed E-state index contributed by atoms with van der Waals surface area (Å²) in [5, 5.41) is 4.50. The van der Waals surface area contributed by atoms with Gasteiger partial charge in [0.15, 0.2) is 5.82 Å². The maximum atomic E-state index is 12.6. The van der Waals surface area contributed by atoms with E-state index in [4.69, 9.17) is 0 Å². The van der Waals surface area contributed by atoms with Gasteiger partial charge in [-0.2, -0.15) is 5.10 Å². The average Bonchev–Trinajstić information content (AvgIpc) is 3.52. The predicted molar refractivity (Wildman–Crippen MR) is 104 cm³/mol. The van der Waals surface area contributed by atoms with E-state index in [1.165, 1.54) is 4.68 Å². The monoisotopic (exact) mass is 376 g/mol. The quantitative estimate of drug-likeness (QED) is 0.668. The van der Waals surface area contributed by atoms with Crippen LogP contribution in [0.15, 0.2) is 58.6 Å². The van der Waals surface area contributed by atoms with Gasteiger partial charge < -0.3 is 9.47 Å². The van der Waals surface area contributed by atoms with Crippen LogP contribution in [-0.4, -0.2) is 37.4 Å². The first-order valence-electron chi connectivity index (χ1n) is 9.50. The van der Waals surface area contributed by atoms with Gasteiger partial charge in [-0.05, 0) is 31.0 Å². The lowest BCUT2D eigenvalue weighted by Crippen LogP contribution is -2.52. The Bertz CT molecular complexity index is 1110. The van der Waals surface area contributed by atoms with Crippen LogP contribution in [0.2, 0.25) is 0 Å². The van der Waals surface area contributed by atoms with Crippen molar-refractivity contribution < 1.29 is 0 Å². The molecule has 8 heteroatoms. The summed E-state index contributed by atoms with van der Waals surface area (Å²) in [4.78, 5) is 35.1. The molecule has 1 saturated carbocycles. The van der Waals surface area contributed by atoms with Gasteiger partial charge >= 0.3 is 0 Å². The molecule has 0 N–H and O–H groups in total. The first-order chi connectivity index (χ1) is 13.7. The zero-order valence-corrected chi connectivity index (χ0v) is 15.3. The fourth-order valence-electron chi connectivity index (χ4n) is 3.63. The van der Waals surface area contributed by atoms with Crippen LogP contribution in [-0.2, 0) is 6.54 Å². The van der Waals surface area contributed by atoms with E-state index in [-0.39, 0.29) is 17.0 Å². The van der Waals surface area contributed by atoms with Crippen LogP contribution in [0.4, 0.5) is 5.82 Å². The third-order valence-corrected chi connectivity index (χ3v) is 5.32. The van der Waals surface area contributed by atoms with Gasteiger partial charge in [0.1, 0.15) is 0 Å². The second-order valence-electron chi connectivity index (χ2n) is 7.44. The van der Waals surface area contributed by atoms with Crippen molar-refractivity contribution in [3.63, 3.8) is 0 Å². The standard InChI is InChI=1S/C20H20N6O2/c27-18-4-3-17(15-5-7-21-8-6-15)23-26(18)13-14-11-24(12-14)19-20(28)25(10-9-22-19)16-1-2-16/h3-10,14,16H,1-2,11-13H2. The van der Waals surface area contributed by atoms with E-state index in [1.54, 1.807) is 41.5 Å². The molecule has 1 saturated heterocycles. The Labute approximate surface area is 161 Å². The highest BCUT2D eigenvalue weighted by Crippen LogP contribution is 2.33. The molecule has 3 aromatic heterocycles. The normalized spacial score (nSPS) is 16.8. The molecule has 0 radical (unpaired) electrons. The molecule has 142 valence electrons. The lowest BCUT2D eigenvalue weighted by Gasteiger charge is -2.39. The molecule has 0 unspecified atom stereocenters. The second-order valence-corrected chi connectivity index (χ2v) is 7.44. The molecule has 0 amide bonds. The van der Waals surface area contributed by atoms with E-state index in [9.17, 15) is 9.59 Å². The smallest absolute Gasteiger partial charge is 0.293 e. The van der Waals surface area contributed by atoms with Crippen LogP contribution in [0.1, 0.15) is 18.9 Å². The summed E-state index contributed by atoms with van der Waals surface area (Å²) in [5.41, 5.74) is 1.53. The summed E-state index contributed by atoms with van der Waals surface area (Å²) < 4.78 is 3.30. The average molecular weight is 376 g/mol. The van der Waals surface area contributed by atoms with Gasteiger partial charge in [-0.1, -0.05) is 0 Å². The molecule has 1 aliphatic heterocycles. The van der Waals surface area contributed by atoms with Crippen LogP contribution in [0, 0.1) is 5.92 Å². The summed E-state index contributed by atoms with van der Waals surface area (Å²) in [7, 11) is 0. The van der Waals surface area contributed by atoms with Crippen molar-refractivity contribution >= 4 is 5.82 Å². The Morgan fingerprint density at radius 2 is 1.79 bits per heavy atom. The number of rotatable bonds is 5. The van der Waals surface area contributed by atoms with Crippen molar-refractivity contribution in [2.45, 2.75) is 25.4 Å². The Hall–Kier alpha value is -3.29. The zero-order chi connectivity index (χ0) is 19.1. The lowest BCUT2D eigenvalue weighted by molar-refractivity contribution is 0.332. The van der Waals surface area contributed by atoms with E-state index in [2.05, 4.69) is 15.1 Å². The van der Waals surface area contributed by atoms with Crippen molar-refractivity contribution in [2.75, 3.05) is 18.0 Å². The summed E-state index contributed by atoms with van der Waals surface area (Å²) in [6.45, 7) is 1.92. The molecule has 1 aliphatic carbocycles. The Morgan fingerprint density at radius 3 is 2.54 bits per heavy atom. The molecule has 2 aliphatic rings. The van der Waals surface area contributed by atoms with Crippen molar-refractivity contribution in [1.29, 1.82) is 0 Å². The first-order valence-corrected chi connectivity index (χ1v) is 9.50. The lowest BCUT2D eigenvalue weighted by atomic mass is 10.0. The largest absolute Gasteiger partial charge is 0.351 e. The summed E-state index contributed by atoms with van der Waals surface area (Å²) in [6.07, 6.45) is 9.01. The van der Waals surface area contributed by atoms with E-state index in [1.807, 2.05) is 17.0 Å². The summed E-state index contributed by atoms with van der Waals surface area (Å²) >= 11 is 0. The number of anilines is 1.